The van der Waals surface area contributed by atoms with Crippen LogP contribution in [0.4, 0.5) is 0 Å². The molecule has 140 valence electrons. The second-order valence-corrected chi connectivity index (χ2v) is 9.28. The second kappa shape index (κ2) is 7.61. The van der Waals surface area contributed by atoms with Crippen molar-refractivity contribution >= 4 is 21.4 Å². The van der Waals surface area contributed by atoms with Crippen LogP contribution in [0.2, 0.25) is 0 Å². The maximum absolute atomic E-state index is 13.2. The van der Waals surface area contributed by atoms with Crippen molar-refractivity contribution in [3.05, 3.63) is 40.7 Å². The zero-order valence-electron chi connectivity index (χ0n) is 14.3. The summed E-state index contributed by atoms with van der Waals surface area (Å²) >= 11 is 1.55. The molecule has 0 bridgehead atoms. The first-order valence-electron chi connectivity index (χ1n) is 8.57. The predicted octanol–water partition coefficient (Wildman–Crippen LogP) is 1.43. The normalized spacial score (nSPS) is 23.8. The van der Waals surface area contributed by atoms with E-state index < -0.39 is 10.0 Å². The number of thiophene rings is 1. The third-order valence-electron chi connectivity index (χ3n) is 4.52. The molecule has 0 amide bonds. The van der Waals surface area contributed by atoms with Crippen molar-refractivity contribution in [1.29, 1.82) is 0 Å². The van der Waals surface area contributed by atoms with Crippen molar-refractivity contribution in [3.63, 3.8) is 0 Å². The number of fused-ring (bicyclic) bond motifs is 1. The molecule has 1 unspecified atom stereocenters. The van der Waals surface area contributed by atoms with E-state index in [2.05, 4.69) is 9.88 Å². The second-order valence-electron chi connectivity index (χ2n) is 6.34. The zero-order chi connectivity index (χ0) is 18.0. The smallest absolute Gasteiger partial charge is 0.248 e. The minimum absolute atomic E-state index is 0.140. The van der Waals surface area contributed by atoms with Gasteiger partial charge in [-0.3, -0.25) is 4.90 Å². The molecule has 1 atom stereocenters. The van der Waals surface area contributed by atoms with E-state index in [-0.39, 0.29) is 16.9 Å². The summed E-state index contributed by atoms with van der Waals surface area (Å²) < 4.78 is 39.3. The first kappa shape index (κ1) is 17.9. The number of hydrogen-bond donors (Lipinski definition) is 0. The molecule has 0 aromatic carbocycles. The summed E-state index contributed by atoms with van der Waals surface area (Å²) in [6.07, 6.45) is 1.29. The lowest BCUT2D eigenvalue weighted by molar-refractivity contribution is 0.0160. The fourth-order valence-corrected chi connectivity index (χ4v) is 5.54. The molecule has 4 heterocycles. The summed E-state index contributed by atoms with van der Waals surface area (Å²) in [6, 6.07) is 7.08. The number of sulfonamides is 1. The van der Waals surface area contributed by atoms with E-state index in [0.717, 1.165) is 18.0 Å². The summed E-state index contributed by atoms with van der Waals surface area (Å²) in [6.45, 7) is 4.33. The highest BCUT2D eigenvalue weighted by molar-refractivity contribution is 7.89. The molecular weight excluding hydrogens is 374 g/mol. The molecule has 2 aliphatic heterocycles. The summed E-state index contributed by atoms with van der Waals surface area (Å²) in [4.78, 5) is 7.57. The standard InChI is InChI=1S/C17H21N3O4S2/c21-26(22)16-4-1-5-18-17(16)24-14(11-19-6-8-23-9-7-19)12-20(26)13-15-3-2-10-25-15/h1-5,10,14H,6-9,11-13H2. The van der Waals surface area contributed by atoms with Gasteiger partial charge in [0.1, 0.15) is 11.0 Å². The Morgan fingerprint density at radius 2 is 2.08 bits per heavy atom. The fourth-order valence-electron chi connectivity index (χ4n) is 3.21. The van der Waals surface area contributed by atoms with Gasteiger partial charge in [-0.15, -0.1) is 11.3 Å². The van der Waals surface area contributed by atoms with E-state index in [1.165, 1.54) is 4.31 Å². The minimum atomic E-state index is -3.66. The number of ether oxygens (including phenoxy) is 2. The van der Waals surface area contributed by atoms with Crippen LogP contribution in [0.1, 0.15) is 4.88 Å². The molecule has 7 nitrogen and oxygen atoms in total. The fraction of sp³-hybridized carbons (Fsp3) is 0.471. The quantitative estimate of drug-likeness (QED) is 0.780. The van der Waals surface area contributed by atoms with Crippen LogP contribution in [0.3, 0.4) is 0 Å². The van der Waals surface area contributed by atoms with Crippen LogP contribution >= 0.6 is 11.3 Å². The lowest BCUT2D eigenvalue weighted by atomic mass is 10.3. The molecule has 2 aliphatic rings. The van der Waals surface area contributed by atoms with E-state index in [9.17, 15) is 8.42 Å². The Kier molecular flexibility index (Phi) is 5.23. The van der Waals surface area contributed by atoms with Crippen LogP contribution in [-0.4, -0.2) is 68.1 Å². The van der Waals surface area contributed by atoms with Gasteiger partial charge in [0.15, 0.2) is 0 Å². The molecule has 0 spiro atoms. The topological polar surface area (TPSA) is 72.0 Å². The van der Waals surface area contributed by atoms with Crippen LogP contribution in [0.5, 0.6) is 5.88 Å². The third-order valence-corrected chi connectivity index (χ3v) is 7.20. The van der Waals surface area contributed by atoms with Gasteiger partial charge >= 0.3 is 0 Å². The van der Waals surface area contributed by atoms with Crippen LogP contribution < -0.4 is 4.74 Å². The maximum Gasteiger partial charge on any atom is 0.248 e. The Hall–Kier alpha value is -1.52. The maximum atomic E-state index is 13.2. The van der Waals surface area contributed by atoms with Crippen molar-refractivity contribution in [2.75, 3.05) is 39.4 Å². The van der Waals surface area contributed by atoms with Crippen molar-refractivity contribution in [1.82, 2.24) is 14.2 Å². The molecule has 1 fully saturated rings. The van der Waals surface area contributed by atoms with E-state index >= 15 is 0 Å². The first-order chi connectivity index (χ1) is 12.6. The molecule has 2 aromatic heterocycles. The number of nitrogens with zero attached hydrogens (tertiary/aromatic N) is 3. The van der Waals surface area contributed by atoms with Gasteiger partial charge in [-0.25, -0.2) is 13.4 Å². The Balaban J connectivity index is 1.63. The lowest BCUT2D eigenvalue weighted by Crippen LogP contribution is -2.46. The Morgan fingerprint density at radius 1 is 1.23 bits per heavy atom. The van der Waals surface area contributed by atoms with Gasteiger partial charge in [-0.05, 0) is 23.6 Å². The molecule has 0 N–H and O–H groups in total. The molecular formula is C17H21N3O4S2. The number of hydrogen-bond acceptors (Lipinski definition) is 7. The monoisotopic (exact) mass is 395 g/mol. The first-order valence-corrected chi connectivity index (χ1v) is 10.9. The van der Waals surface area contributed by atoms with Crippen LogP contribution in [-0.2, 0) is 21.3 Å². The largest absolute Gasteiger partial charge is 0.471 e. The van der Waals surface area contributed by atoms with Crippen molar-refractivity contribution in [2.45, 2.75) is 17.5 Å². The predicted molar refractivity (Wildman–Crippen MR) is 97.8 cm³/mol. The summed E-state index contributed by atoms with van der Waals surface area (Å²) in [5.74, 6) is 0.194. The van der Waals surface area contributed by atoms with Gasteiger partial charge in [0.25, 0.3) is 0 Å². The molecule has 2 aromatic rings. The van der Waals surface area contributed by atoms with Gasteiger partial charge in [0.05, 0.1) is 19.8 Å². The molecule has 9 heteroatoms. The average molecular weight is 396 g/mol. The van der Waals surface area contributed by atoms with Gasteiger partial charge in [0, 0.05) is 37.3 Å². The summed E-state index contributed by atoms with van der Waals surface area (Å²) in [5, 5.41) is 1.96. The Morgan fingerprint density at radius 3 is 2.85 bits per heavy atom. The SMILES string of the molecule is O=S1(=O)c2cccnc2OC(CN2CCOCC2)CN1Cc1cccs1. The van der Waals surface area contributed by atoms with Crippen LogP contribution in [0, 0.1) is 0 Å². The van der Waals surface area contributed by atoms with Crippen molar-refractivity contribution in [2.24, 2.45) is 0 Å². The number of pyridine rings is 1. The Bertz CT molecular complexity index is 835. The highest BCUT2D eigenvalue weighted by Crippen LogP contribution is 2.30. The van der Waals surface area contributed by atoms with Gasteiger partial charge in [-0.1, -0.05) is 6.07 Å². The van der Waals surface area contributed by atoms with E-state index in [0.29, 0.717) is 32.8 Å². The minimum Gasteiger partial charge on any atom is -0.471 e. The molecule has 1 saturated heterocycles. The summed E-state index contributed by atoms with van der Waals surface area (Å²) in [5.41, 5.74) is 0. The Labute approximate surface area is 157 Å². The molecule has 0 radical (unpaired) electrons. The van der Waals surface area contributed by atoms with Gasteiger partial charge in [0.2, 0.25) is 15.9 Å². The number of morpholine rings is 1. The highest BCUT2D eigenvalue weighted by Gasteiger charge is 2.36. The van der Waals surface area contributed by atoms with E-state index in [4.69, 9.17) is 9.47 Å². The summed E-state index contributed by atoms with van der Waals surface area (Å²) in [7, 11) is -3.66. The van der Waals surface area contributed by atoms with Gasteiger partial charge < -0.3 is 9.47 Å². The number of rotatable bonds is 4. The average Bonchev–Trinajstić information content (AvgIpc) is 3.12. The molecule has 26 heavy (non-hydrogen) atoms. The van der Waals surface area contributed by atoms with E-state index in [1.807, 2.05) is 17.5 Å². The van der Waals surface area contributed by atoms with E-state index in [1.54, 1.807) is 29.7 Å². The molecule has 4 rings (SSSR count). The third kappa shape index (κ3) is 3.77. The zero-order valence-corrected chi connectivity index (χ0v) is 15.9. The van der Waals surface area contributed by atoms with Gasteiger partial charge in [-0.2, -0.15) is 4.31 Å². The molecule has 0 saturated carbocycles. The highest BCUT2D eigenvalue weighted by atomic mass is 32.2. The molecule has 0 aliphatic carbocycles. The van der Waals surface area contributed by atoms with Crippen LogP contribution in [0.15, 0.2) is 40.7 Å². The van der Waals surface area contributed by atoms with Crippen molar-refractivity contribution < 1.29 is 17.9 Å². The van der Waals surface area contributed by atoms with Crippen molar-refractivity contribution in [3.8, 4) is 5.88 Å². The number of aromatic nitrogens is 1. The lowest BCUT2D eigenvalue weighted by Gasteiger charge is -2.31. The van der Waals surface area contributed by atoms with Crippen LogP contribution in [0.25, 0.3) is 0 Å².